The number of ether oxygens (including phenoxy) is 2. The third-order valence-corrected chi connectivity index (χ3v) is 4.90. The molecule has 2 bridgehead atoms. The molecule has 5 nitrogen and oxygen atoms in total. The second-order valence-corrected chi connectivity index (χ2v) is 6.63. The summed E-state index contributed by atoms with van der Waals surface area (Å²) in [5.41, 5.74) is 0.941. The number of aryl methyl sites for hydroxylation is 1. The summed E-state index contributed by atoms with van der Waals surface area (Å²) < 4.78 is 25.7. The maximum Gasteiger partial charge on any atom is 0.325 e. The van der Waals surface area contributed by atoms with Gasteiger partial charge >= 0.3 is 6.03 Å². The quantitative estimate of drug-likeness (QED) is 0.900. The van der Waals surface area contributed by atoms with Crippen LogP contribution in [0, 0.1) is 12.7 Å². The third kappa shape index (κ3) is 2.32. The summed E-state index contributed by atoms with van der Waals surface area (Å²) in [5.74, 6) is 0.866. The fourth-order valence-electron chi connectivity index (χ4n) is 3.63. The van der Waals surface area contributed by atoms with Crippen molar-refractivity contribution in [3.8, 4) is 11.5 Å². The number of fused-ring (bicyclic) bond motifs is 4. The standard InChI is InChI=1S/C19H19FN2O3/c1-11-7-8-12(9-14(11)20)22-18(23)21-15-10-19(22,2)25-17-13(15)5-4-6-16(17)24-3/h4-9,15H,10H2,1-3H3,(H,21,23)/t15-,19-/m1/s1. The summed E-state index contributed by atoms with van der Waals surface area (Å²) in [6, 6.07) is 9.87. The smallest absolute Gasteiger partial charge is 0.325 e. The fraction of sp³-hybridized carbons (Fsp3) is 0.316. The fourth-order valence-corrected chi connectivity index (χ4v) is 3.63. The lowest BCUT2D eigenvalue weighted by Gasteiger charge is -2.50. The molecule has 2 heterocycles. The number of anilines is 1. The van der Waals surface area contributed by atoms with E-state index in [0.29, 0.717) is 29.2 Å². The van der Waals surface area contributed by atoms with Crippen LogP contribution < -0.4 is 19.7 Å². The largest absolute Gasteiger partial charge is 0.493 e. The minimum Gasteiger partial charge on any atom is -0.493 e. The van der Waals surface area contributed by atoms with Crippen molar-refractivity contribution in [3.63, 3.8) is 0 Å². The minimum absolute atomic E-state index is 0.178. The van der Waals surface area contributed by atoms with Crippen LogP contribution in [0.4, 0.5) is 14.9 Å². The number of hydrogen-bond acceptors (Lipinski definition) is 3. The van der Waals surface area contributed by atoms with E-state index < -0.39 is 5.72 Å². The number of rotatable bonds is 2. The second kappa shape index (κ2) is 5.37. The Kier molecular flexibility index (Phi) is 3.39. The average molecular weight is 342 g/mol. The lowest BCUT2D eigenvalue weighted by atomic mass is 9.90. The highest BCUT2D eigenvalue weighted by atomic mass is 19.1. The molecule has 0 aromatic heterocycles. The normalized spacial score (nSPS) is 24.2. The summed E-state index contributed by atoms with van der Waals surface area (Å²) >= 11 is 0. The van der Waals surface area contributed by atoms with Crippen molar-refractivity contribution >= 4 is 11.7 Å². The zero-order valence-corrected chi connectivity index (χ0v) is 14.3. The van der Waals surface area contributed by atoms with Gasteiger partial charge in [0.25, 0.3) is 0 Å². The molecule has 25 heavy (non-hydrogen) atoms. The van der Waals surface area contributed by atoms with E-state index >= 15 is 0 Å². The number of carbonyl (C=O) groups is 1. The van der Waals surface area contributed by atoms with E-state index in [2.05, 4.69) is 5.32 Å². The van der Waals surface area contributed by atoms with E-state index in [1.54, 1.807) is 26.2 Å². The molecule has 0 spiro atoms. The molecule has 0 radical (unpaired) electrons. The molecule has 0 aliphatic carbocycles. The van der Waals surface area contributed by atoms with Crippen LogP contribution in [0.1, 0.15) is 30.5 Å². The third-order valence-electron chi connectivity index (χ3n) is 4.90. The van der Waals surface area contributed by atoms with Crippen molar-refractivity contribution in [2.45, 2.75) is 32.0 Å². The maximum absolute atomic E-state index is 14.0. The van der Waals surface area contributed by atoms with E-state index in [9.17, 15) is 9.18 Å². The van der Waals surface area contributed by atoms with Crippen LogP contribution in [0.2, 0.25) is 0 Å². The topological polar surface area (TPSA) is 50.8 Å². The van der Waals surface area contributed by atoms with Gasteiger partial charge in [0.15, 0.2) is 17.2 Å². The van der Waals surface area contributed by atoms with Crippen molar-refractivity contribution in [1.29, 1.82) is 0 Å². The molecule has 2 aliphatic heterocycles. The van der Waals surface area contributed by atoms with Gasteiger partial charge in [0, 0.05) is 12.0 Å². The predicted molar refractivity (Wildman–Crippen MR) is 91.5 cm³/mol. The molecule has 2 amide bonds. The van der Waals surface area contributed by atoms with Gasteiger partial charge in [-0.05, 0) is 37.6 Å². The number of carbonyl (C=O) groups excluding carboxylic acids is 1. The highest BCUT2D eigenvalue weighted by Gasteiger charge is 2.50. The lowest BCUT2D eigenvalue weighted by molar-refractivity contribution is 0.0349. The zero-order valence-electron chi connectivity index (χ0n) is 14.3. The molecule has 130 valence electrons. The predicted octanol–water partition coefficient (Wildman–Crippen LogP) is 3.91. The first-order valence-electron chi connectivity index (χ1n) is 8.16. The van der Waals surface area contributed by atoms with Gasteiger partial charge in [-0.2, -0.15) is 0 Å². The van der Waals surface area contributed by atoms with Crippen molar-refractivity contribution in [1.82, 2.24) is 5.32 Å². The first-order chi connectivity index (χ1) is 11.9. The molecular weight excluding hydrogens is 323 g/mol. The Balaban J connectivity index is 1.82. The monoisotopic (exact) mass is 342 g/mol. The molecule has 1 N–H and O–H groups in total. The van der Waals surface area contributed by atoms with Crippen LogP contribution in [-0.4, -0.2) is 18.9 Å². The van der Waals surface area contributed by atoms with Gasteiger partial charge in [-0.25, -0.2) is 9.18 Å². The number of methoxy groups -OCH3 is 1. The Morgan fingerprint density at radius 2 is 2.16 bits per heavy atom. The molecule has 2 aromatic rings. The summed E-state index contributed by atoms with van der Waals surface area (Å²) in [6.45, 7) is 3.53. The molecule has 2 atom stereocenters. The van der Waals surface area contributed by atoms with Crippen molar-refractivity contribution in [3.05, 3.63) is 53.3 Å². The van der Waals surface area contributed by atoms with Crippen molar-refractivity contribution in [2.75, 3.05) is 12.0 Å². The highest BCUT2D eigenvalue weighted by molar-refractivity contribution is 5.95. The highest BCUT2D eigenvalue weighted by Crippen LogP contribution is 2.49. The molecule has 4 rings (SSSR count). The Morgan fingerprint density at radius 1 is 1.36 bits per heavy atom. The van der Waals surface area contributed by atoms with Gasteiger partial charge in [0.1, 0.15) is 5.82 Å². The number of amides is 2. The summed E-state index contributed by atoms with van der Waals surface area (Å²) in [5, 5.41) is 2.99. The number of urea groups is 1. The number of benzene rings is 2. The number of para-hydroxylation sites is 1. The molecule has 2 aliphatic rings. The summed E-state index contributed by atoms with van der Waals surface area (Å²) in [4.78, 5) is 14.2. The van der Waals surface area contributed by atoms with Crippen LogP contribution in [-0.2, 0) is 0 Å². The van der Waals surface area contributed by atoms with Gasteiger partial charge in [-0.3, -0.25) is 4.90 Å². The Bertz CT molecular complexity index is 870. The minimum atomic E-state index is -0.934. The molecule has 0 unspecified atom stereocenters. The molecule has 2 aromatic carbocycles. The van der Waals surface area contributed by atoms with Crippen molar-refractivity contribution < 1.29 is 18.7 Å². The molecule has 0 saturated carbocycles. The lowest BCUT2D eigenvalue weighted by Crippen LogP contribution is -2.65. The maximum atomic E-state index is 14.0. The molecular formula is C19H19FN2O3. The van der Waals surface area contributed by atoms with Gasteiger partial charge in [-0.15, -0.1) is 0 Å². The zero-order chi connectivity index (χ0) is 17.8. The Morgan fingerprint density at radius 3 is 2.88 bits per heavy atom. The second-order valence-electron chi connectivity index (χ2n) is 6.63. The van der Waals surface area contributed by atoms with E-state index in [-0.39, 0.29) is 17.9 Å². The number of nitrogens with one attached hydrogen (secondary N) is 1. The van der Waals surface area contributed by atoms with Gasteiger partial charge in [0.05, 0.1) is 18.8 Å². The van der Waals surface area contributed by atoms with Crippen LogP contribution in [0.3, 0.4) is 0 Å². The summed E-state index contributed by atoms with van der Waals surface area (Å²) in [6.07, 6.45) is 0.550. The van der Waals surface area contributed by atoms with Crippen LogP contribution in [0.5, 0.6) is 11.5 Å². The van der Waals surface area contributed by atoms with Crippen LogP contribution in [0.15, 0.2) is 36.4 Å². The van der Waals surface area contributed by atoms with Gasteiger partial charge in [0.2, 0.25) is 0 Å². The molecule has 1 saturated heterocycles. The SMILES string of the molecule is COc1cccc2c1O[C@]1(C)C[C@H]2NC(=O)N1c1ccc(C)c(F)c1. The van der Waals surface area contributed by atoms with Gasteiger partial charge < -0.3 is 14.8 Å². The van der Waals surface area contributed by atoms with E-state index in [1.165, 1.54) is 11.0 Å². The average Bonchev–Trinajstić information content (AvgIpc) is 2.57. The molecule has 6 heteroatoms. The van der Waals surface area contributed by atoms with E-state index in [1.807, 2.05) is 25.1 Å². The number of nitrogens with zero attached hydrogens (tertiary/aromatic N) is 1. The van der Waals surface area contributed by atoms with E-state index in [4.69, 9.17) is 9.47 Å². The Hall–Kier alpha value is -2.76. The van der Waals surface area contributed by atoms with E-state index in [0.717, 1.165) is 5.56 Å². The van der Waals surface area contributed by atoms with Crippen LogP contribution >= 0.6 is 0 Å². The Labute approximate surface area is 145 Å². The number of hydrogen-bond donors (Lipinski definition) is 1. The van der Waals surface area contributed by atoms with Gasteiger partial charge in [-0.1, -0.05) is 18.2 Å². The first-order valence-corrected chi connectivity index (χ1v) is 8.16. The van der Waals surface area contributed by atoms with Crippen LogP contribution in [0.25, 0.3) is 0 Å². The summed E-state index contributed by atoms with van der Waals surface area (Å²) in [7, 11) is 1.58. The number of halogens is 1. The van der Waals surface area contributed by atoms with Crippen molar-refractivity contribution in [2.24, 2.45) is 0 Å². The first kappa shape index (κ1) is 15.7. The molecule has 1 fully saturated rings.